The van der Waals surface area contributed by atoms with E-state index in [9.17, 15) is 4.79 Å². The lowest BCUT2D eigenvalue weighted by atomic mass is 9.83. The van der Waals surface area contributed by atoms with Gasteiger partial charge in [-0.3, -0.25) is 4.79 Å². The molecule has 0 aliphatic carbocycles. The van der Waals surface area contributed by atoms with Gasteiger partial charge in [-0.1, -0.05) is 0 Å². The van der Waals surface area contributed by atoms with Gasteiger partial charge in [-0.2, -0.15) is 0 Å². The van der Waals surface area contributed by atoms with Crippen molar-refractivity contribution >= 4 is 5.97 Å². The number of hydrogen-bond donors (Lipinski definition) is 2. The van der Waals surface area contributed by atoms with E-state index >= 15 is 0 Å². The smallest absolute Gasteiger partial charge is 0.304 e. The van der Waals surface area contributed by atoms with Crippen molar-refractivity contribution in [2.45, 2.75) is 38.6 Å². The molecule has 1 aromatic rings. The third kappa shape index (κ3) is 3.27. The highest BCUT2D eigenvalue weighted by molar-refractivity contribution is 5.68. The van der Waals surface area contributed by atoms with E-state index in [-0.39, 0.29) is 12.3 Å². The molecule has 0 aliphatic rings. The van der Waals surface area contributed by atoms with Crippen LogP contribution in [-0.4, -0.2) is 26.6 Å². The molecule has 0 aliphatic heterocycles. The molecule has 1 aromatic heterocycles. The average molecular weight is 223 g/mol. The SMILES string of the molecule is Cc1nccc(C(CC(=O)O)C(C)(C)N)n1. The topological polar surface area (TPSA) is 89.1 Å². The van der Waals surface area contributed by atoms with Crippen LogP contribution >= 0.6 is 0 Å². The summed E-state index contributed by atoms with van der Waals surface area (Å²) in [5.41, 5.74) is 6.04. The van der Waals surface area contributed by atoms with Crippen molar-refractivity contribution in [3.63, 3.8) is 0 Å². The van der Waals surface area contributed by atoms with Crippen LogP contribution in [0, 0.1) is 6.92 Å². The van der Waals surface area contributed by atoms with E-state index in [0.29, 0.717) is 11.5 Å². The third-order valence-corrected chi connectivity index (χ3v) is 2.43. The fraction of sp³-hybridized carbons (Fsp3) is 0.545. The van der Waals surface area contributed by atoms with Crippen LogP contribution < -0.4 is 5.73 Å². The highest BCUT2D eigenvalue weighted by Gasteiger charge is 2.30. The predicted molar refractivity (Wildman–Crippen MR) is 60.0 cm³/mol. The highest BCUT2D eigenvalue weighted by atomic mass is 16.4. The molecule has 0 saturated carbocycles. The lowest BCUT2D eigenvalue weighted by Crippen LogP contribution is -2.40. The zero-order valence-electron chi connectivity index (χ0n) is 9.77. The number of aliphatic carboxylic acids is 1. The first-order valence-corrected chi connectivity index (χ1v) is 5.11. The van der Waals surface area contributed by atoms with Gasteiger partial charge in [0.25, 0.3) is 0 Å². The van der Waals surface area contributed by atoms with Gasteiger partial charge in [-0.15, -0.1) is 0 Å². The Hall–Kier alpha value is -1.49. The van der Waals surface area contributed by atoms with Gasteiger partial charge in [0, 0.05) is 23.3 Å². The number of carboxylic acids is 1. The van der Waals surface area contributed by atoms with Crippen LogP contribution in [0.5, 0.6) is 0 Å². The molecule has 1 heterocycles. The van der Waals surface area contributed by atoms with Crippen molar-refractivity contribution in [1.29, 1.82) is 0 Å². The molecule has 88 valence electrons. The predicted octanol–water partition coefficient (Wildman–Crippen LogP) is 1.08. The number of rotatable bonds is 4. The molecule has 0 aromatic carbocycles. The maximum atomic E-state index is 10.8. The Morgan fingerprint density at radius 1 is 1.62 bits per heavy atom. The zero-order chi connectivity index (χ0) is 12.3. The molecule has 0 spiro atoms. The van der Waals surface area contributed by atoms with Crippen LogP contribution in [0.15, 0.2) is 12.3 Å². The first-order valence-electron chi connectivity index (χ1n) is 5.11. The summed E-state index contributed by atoms with van der Waals surface area (Å²) in [5.74, 6) is -0.566. The lowest BCUT2D eigenvalue weighted by molar-refractivity contribution is -0.137. The molecule has 1 rings (SSSR count). The van der Waals surface area contributed by atoms with Gasteiger partial charge in [0.05, 0.1) is 6.42 Å². The van der Waals surface area contributed by atoms with Gasteiger partial charge in [0.15, 0.2) is 0 Å². The van der Waals surface area contributed by atoms with E-state index in [0.717, 1.165) is 0 Å². The summed E-state index contributed by atoms with van der Waals surface area (Å²) in [7, 11) is 0. The summed E-state index contributed by atoms with van der Waals surface area (Å²) >= 11 is 0. The fourth-order valence-corrected chi connectivity index (χ4v) is 1.59. The summed E-state index contributed by atoms with van der Waals surface area (Å²) in [6, 6.07) is 1.72. The van der Waals surface area contributed by atoms with Crippen LogP contribution in [0.4, 0.5) is 0 Å². The fourth-order valence-electron chi connectivity index (χ4n) is 1.59. The maximum absolute atomic E-state index is 10.8. The van der Waals surface area contributed by atoms with Gasteiger partial charge < -0.3 is 10.8 Å². The molecule has 0 fully saturated rings. The summed E-state index contributed by atoms with van der Waals surface area (Å²) in [5, 5.41) is 8.88. The molecule has 0 amide bonds. The van der Waals surface area contributed by atoms with Crippen molar-refractivity contribution in [2.24, 2.45) is 5.73 Å². The first kappa shape index (κ1) is 12.6. The summed E-state index contributed by atoms with van der Waals surface area (Å²) in [4.78, 5) is 19.0. The van der Waals surface area contributed by atoms with Gasteiger partial charge >= 0.3 is 5.97 Å². The Morgan fingerprint density at radius 3 is 2.69 bits per heavy atom. The van der Waals surface area contributed by atoms with E-state index in [1.54, 1.807) is 33.0 Å². The van der Waals surface area contributed by atoms with Crippen molar-refractivity contribution in [3.8, 4) is 0 Å². The summed E-state index contributed by atoms with van der Waals surface area (Å²) < 4.78 is 0. The number of carbonyl (C=O) groups is 1. The third-order valence-electron chi connectivity index (χ3n) is 2.43. The highest BCUT2D eigenvalue weighted by Crippen LogP contribution is 2.27. The quantitative estimate of drug-likeness (QED) is 0.797. The first-order chi connectivity index (χ1) is 7.30. The number of hydrogen-bond acceptors (Lipinski definition) is 4. The number of aryl methyl sites for hydroxylation is 1. The largest absolute Gasteiger partial charge is 0.481 e. The van der Waals surface area contributed by atoms with E-state index < -0.39 is 11.5 Å². The number of nitrogens with two attached hydrogens (primary N) is 1. The van der Waals surface area contributed by atoms with Crippen LogP contribution in [0.1, 0.15) is 37.7 Å². The second-order valence-corrected chi connectivity index (χ2v) is 4.50. The van der Waals surface area contributed by atoms with Crippen molar-refractivity contribution < 1.29 is 9.90 Å². The molecule has 0 bridgehead atoms. The van der Waals surface area contributed by atoms with Crippen molar-refractivity contribution in [1.82, 2.24) is 9.97 Å². The van der Waals surface area contributed by atoms with Crippen LogP contribution in [-0.2, 0) is 4.79 Å². The van der Waals surface area contributed by atoms with E-state index in [1.165, 1.54) is 0 Å². The molecule has 0 saturated heterocycles. The van der Waals surface area contributed by atoms with E-state index in [4.69, 9.17) is 10.8 Å². The summed E-state index contributed by atoms with van der Waals surface area (Å²) in [6.07, 6.45) is 1.60. The minimum Gasteiger partial charge on any atom is -0.481 e. The van der Waals surface area contributed by atoms with Gasteiger partial charge in [-0.25, -0.2) is 9.97 Å². The molecular formula is C11H17N3O2. The molecule has 1 atom stereocenters. The standard InChI is InChI=1S/C11H17N3O2/c1-7-13-5-4-9(14-7)8(6-10(15)16)11(2,3)12/h4-5,8H,6,12H2,1-3H3,(H,15,16). The molecule has 3 N–H and O–H groups in total. The molecule has 5 heteroatoms. The van der Waals surface area contributed by atoms with Gasteiger partial charge in [0.2, 0.25) is 0 Å². The molecule has 5 nitrogen and oxygen atoms in total. The Morgan fingerprint density at radius 2 is 2.25 bits per heavy atom. The number of carboxylic acid groups (broad SMARTS) is 1. The second kappa shape index (κ2) is 4.57. The average Bonchev–Trinajstić information content (AvgIpc) is 2.12. The Labute approximate surface area is 94.7 Å². The second-order valence-electron chi connectivity index (χ2n) is 4.50. The Bertz CT molecular complexity index is 385. The minimum atomic E-state index is -0.875. The monoisotopic (exact) mass is 223 g/mol. The Balaban J connectivity index is 3.06. The Kier molecular flexibility index (Phi) is 3.59. The number of nitrogens with zero attached hydrogens (tertiary/aromatic N) is 2. The van der Waals surface area contributed by atoms with Crippen LogP contribution in [0.3, 0.4) is 0 Å². The van der Waals surface area contributed by atoms with Crippen LogP contribution in [0.25, 0.3) is 0 Å². The normalized spacial score (nSPS) is 13.5. The van der Waals surface area contributed by atoms with Crippen molar-refractivity contribution in [2.75, 3.05) is 0 Å². The van der Waals surface area contributed by atoms with E-state index in [1.807, 2.05) is 0 Å². The van der Waals surface area contributed by atoms with Crippen LogP contribution in [0.2, 0.25) is 0 Å². The summed E-state index contributed by atoms with van der Waals surface area (Å²) in [6.45, 7) is 5.38. The van der Waals surface area contributed by atoms with E-state index in [2.05, 4.69) is 9.97 Å². The minimum absolute atomic E-state index is 0.0278. The molecule has 16 heavy (non-hydrogen) atoms. The van der Waals surface area contributed by atoms with Gasteiger partial charge in [0.1, 0.15) is 5.82 Å². The molecule has 0 radical (unpaired) electrons. The molecular weight excluding hydrogens is 206 g/mol. The number of aromatic nitrogens is 2. The lowest BCUT2D eigenvalue weighted by Gasteiger charge is -2.28. The van der Waals surface area contributed by atoms with Crippen molar-refractivity contribution in [3.05, 3.63) is 23.8 Å². The molecule has 1 unspecified atom stereocenters. The maximum Gasteiger partial charge on any atom is 0.304 e. The zero-order valence-corrected chi connectivity index (χ0v) is 9.77. The van der Waals surface area contributed by atoms with Gasteiger partial charge in [-0.05, 0) is 26.8 Å².